The summed E-state index contributed by atoms with van der Waals surface area (Å²) in [7, 11) is -3.89. The molecule has 1 saturated heterocycles. The first-order chi connectivity index (χ1) is 10.2. The van der Waals surface area contributed by atoms with E-state index < -0.39 is 28.5 Å². The summed E-state index contributed by atoms with van der Waals surface area (Å²) < 4.78 is 42.2. The number of ether oxygens (including phenoxy) is 2. The fraction of sp³-hybridized carbons (Fsp3) is 0.571. The van der Waals surface area contributed by atoms with Gasteiger partial charge in [0.15, 0.2) is 5.79 Å². The molecule has 0 amide bonds. The molecular weight excluding hydrogens is 330 g/mol. The fourth-order valence-electron chi connectivity index (χ4n) is 2.24. The van der Waals surface area contributed by atoms with E-state index in [-0.39, 0.29) is 6.54 Å². The molecule has 124 valence electrons. The number of halogens is 1. The van der Waals surface area contributed by atoms with Crippen molar-refractivity contribution in [3.8, 4) is 0 Å². The maximum Gasteiger partial charge on any atom is 0.338 e. The minimum atomic E-state index is -3.89. The van der Waals surface area contributed by atoms with Gasteiger partial charge in [0.05, 0.1) is 0 Å². The molecule has 0 spiro atoms. The third-order valence-corrected chi connectivity index (χ3v) is 4.51. The molecule has 6 nitrogen and oxygen atoms in total. The Morgan fingerprint density at radius 2 is 2.00 bits per heavy atom. The van der Waals surface area contributed by atoms with Crippen LogP contribution in [0, 0.1) is 0 Å². The van der Waals surface area contributed by atoms with Crippen molar-refractivity contribution in [3.05, 3.63) is 34.9 Å². The molecule has 0 aromatic heterocycles. The zero-order chi connectivity index (χ0) is 16.4. The van der Waals surface area contributed by atoms with Crippen LogP contribution >= 0.6 is 11.6 Å². The first-order valence-electron chi connectivity index (χ1n) is 6.99. The Balaban J connectivity index is 2.15. The van der Waals surface area contributed by atoms with Gasteiger partial charge in [-0.25, -0.2) is 4.18 Å². The molecule has 22 heavy (non-hydrogen) atoms. The molecule has 2 unspecified atom stereocenters. The lowest BCUT2D eigenvalue weighted by molar-refractivity contribution is -0.167. The van der Waals surface area contributed by atoms with Crippen LogP contribution < -0.4 is 4.72 Å². The quantitative estimate of drug-likeness (QED) is 0.852. The van der Waals surface area contributed by atoms with E-state index in [1.165, 1.54) is 0 Å². The highest BCUT2D eigenvalue weighted by Crippen LogP contribution is 2.32. The lowest BCUT2D eigenvalue weighted by Crippen LogP contribution is -2.35. The van der Waals surface area contributed by atoms with Gasteiger partial charge >= 0.3 is 10.3 Å². The Labute approximate surface area is 136 Å². The molecule has 2 rings (SSSR count). The van der Waals surface area contributed by atoms with Gasteiger partial charge in [0.25, 0.3) is 0 Å². The maximum atomic E-state index is 11.8. The van der Waals surface area contributed by atoms with Crippen LogP contribution in [0.5, 0.6) is 0 Å². The standard InChI is InChI=1S/C14H20ClNO5S/c1-4-16-22(17,18)21-13-12(19-14(2,3)20-13)9-10-7-5-6-8-11(10)15/h5-8,12-13,16H,4,9H2,1-3H3. The highest BCUT2D eigenvalue weighted by atomic mass is 35.5. The van der Waals surface area contributed by atoms with Gasteiger partial charge in [0.1, 0.15) is 6.10 Å². The summed E-state index contributed by atoms with van der Waals surface area (Å²) in [5, 5.41) is 0.587. The van der Waals surface area contributed by atoms with Crippen LogP contribution in [0.4, 0.5) is 0 Å². The summed E-state index contributed by atoms with van der Waals surface area (Å²) in [6.07, 6.45) is -1.23. The summed E-state index contributed by atoms with van der Waals surface area (Å²) in [5.74, 6) is -0.932. The van der Waals surface area contributed by atoms with E-state index in [4.69, 9.17) is 25.3 Å². The number of rotatable bonds is 6. The molecule has 1 aromatic carbocycles. The van der Waals surface area contributed by atoms with Gasteiger partial charge in [0, 0.05) is 18.0 Å². The SMILES string of the molecule is CCNS(=O)(=O)OC1OC(C)(C)OC1Cc1ccccc1Cl. The molecular formula is C14H20ClNO5S. The van der Waals surface area contributed by atoms with Crippen LogP contribution in [0.3, 0.4) is 0 Å². The van der Waals surface area contributed by atoms with Crippen molar-refractivity contribution in [2.45, 2.75) is 45.4 Å². The largest absolute Gasteiger partial charge is 0.341 e. The minimum absolute atomic E-state index is 0.231. The number of nitrogens with one attached hydrogen (secondary N) is 1. The van der Waals surface area contributed by atoms with Crippen LogP contribution in [0.15, 0.2) is 24.3 Å². The van der Waals surface area contributed by atoms with Crippen LogP contribution in [0.2, 0.25) is 5.02 Å². The molecule has 0 saturated carbocycles. The first-order valence-corrected chi connectivity index (χ1v) is 8.78. The van der Waals surface area contributed by atoms with Gasteiger partial charge < -0.3 is 9.47 Å². The lowest BCUT2D eigenvalue weighted by Gasteiger charge is -2.17. The maximum absolute atomic E-state index is 11.8. The second-order valence-corrected chi connectivity index (χ2v) is 7.18. The Morgan fingerprint density at radius 3 is 2.64 bits per heavy atom. The fourth-order valence-corrected chi connectivity index (χ4v) is 3.29. The molecule has 1 aromatic rings. The van der Waals surface area contributed by atoms with E-state index in [9.17, 15) is 8.42 Å². The molecule has 2 atom stereocenters. The number of hydrogen-bond donors (Lipinski definition) is 1. The minimum Gasteiger partial charge on any atom is -0.341 e. The molecule has 1 N–H and O–H groups in total. The van der Waals surface area contributed by atoms with E-state index in [2.05, 4.69) is 4.72 Å². The predicted molar refractivity (Wildman–Crippen MR) is 82.7 cm³/mol. The van der Waals surface area contributed by atoms with E-state index in [0.717, 1.165) is 5.56 Å². The molecule has 1 aliphatic rings. The highest BCUT2D eigenvalue weighted by molar-refractivity contribution is 7.84. The molecule has 1 heterocycles. The van der Waals surface area contributed by atoms with E-state index in [1.54, 1.807) is 26.8 Å². The Bertz CT molecular complexity index is 619. The highest BCUT2D eigenvalue weighted by Gasteiger charge is 2.44. The topological polar surface area (TPSA) is 73.9 Å². The number of benzene rings is 1. The van der Waals surface area contributed by atoms with Gasteiger partial charge in [-0.1, -0.05) is 36.7 Å². The van der Waals surface area contributed by atoms with Gasteiger partial charge in [-0.05, 0) is 25.5 Å². The van der Waals surface area contributed by atoms with Gasteiger partial charge in [-0.3, -0.25) is 0 Å². The summed E-state index contributed by atoms with van der Waals surface area (Å²) in [6, 6.07) is 7.30. The van der Waals surface area contributed by atoms with Gasteiger partial charge in [-0.15, -0.1) is 0 Å². The van der Waals surface area contributed by atoms with Crippen LogP contribution in [0.25, 0.3) is 0 Å². The second kappa shape index (κ2) is 6.82. The third-order valence-electron chi connectivity index (χ3n) is 3.06. The zero-order valence-corrected chi connectivity index (χ0v) is 14.3. The average Bonchev–Trinajstić information content (AvgIpc) is 2.65. The lowest BCUT2D eigenvalue weighted by atomic mass is 10.1. The first kappa shape index (κ1) is 17.7. The Hall–Kier alpha value is -0.700. The van der Waals surface area contributed by atoms with Crippen LogP contribution in [-0.4, -0.2) is 33.1 Å². The zero-order valence-electron chi connectivity index (χ0n) is 12.7. The van der Waals surface area contributed by atoms with Crippen molar-refractivity contribution in [2.24, 2.45) is 0 Å². The molecule has 1 fully saturated rings. The summed E-state index contributed by atoms with van der Waals surface area (Å²) >= 11 is 6.14. The number of hydrogen-bond acceptors (Lipinski definition) is 5. The molecule has 0 radical (unpaired) electrons. The van der Waals surface area contributed by atoms with E-state index in [1.807, 2.05) is 18.2 Å². The van der Waals surface area contributed by atoms with Gasteiger partial charge in [-0.2, -0.15) is 13.1 Å². The van der Waals surface area contributed by atoms with Crippen molar-refractivity contribution in [1.82, 2.24) is 4.72 Å². The predicted octanol–water partition coefficient (Wildman–Crippen LogP) is 2.23. The van der Waals surface area contributed by atoms with Crippen LogP contribution in [-0.2, 0) is 30.4 Å². The summed E-state index contributed by atoms with van der Waals surface area (Å²) in [5.41, 5.74) is 0.838. The molecule has 0 bridgehead atoms. The third kappa shape index (κ3) is 4.65. The van der Waals surface area contributed by atoms with Crippen molar-refractivity contribution in [3.63, 3.8) is 0 Å². The Kier molecular flexibility index (Phi) is 5.47. The monoisotopic (exact) mass is 349 g/mol. The van der Waals surface area contributed by atoms with Gasteiger partial charge in [0.2, 0.25) is 6.29 Å². The average molecular weight is 350 g/mol. The van der Waals surface area contributed by atoms with Crippen molar-refractivity contribution in [1.29, 1.82) is 0 Å². The smallest absolute Gasteiger partial charge is 0.338 e. The van der Waals surface area contributed by atoms with Crippen molar-refractivity contribution in [2.75, 3.05) is 6.54 Å². The Morgan fingerprint density at radius 1 is 1.32 bits per heavy atom. The second-order valence-electron chi connectivity index (χ2n) is 5.39. The summed E-state index contributed by atoms with van der Waals surface area (Å²) in [6.45, 7) is 5.30. The van der Waals surface area contributed by atoms with E-state index >= 15 is 0 Å². The van der Waals surface area contributed by atoms with Crippen molar-refractivity contribution < 1.29 is 22.1 Å². The summed E-state index contributed by atoms with van der Waals surface area (Å²) in [4.78, 5) is 0. The molecule has 1 aliphatic heterocycles. The van der Waals surface area contributed by atoms with Crippen LogP contribution in [0.1, 0.15) is 26.3 Å². The van der Waals surface area contributed by atoms with E-state index in [0.29, 0.717) is 11.4 Å². The van der Waals surface area contributed by atoms with Crippen molar-refractivity contribution >= 4 is 21.9 Å². The normalized spacial score (nSPS) is 24.5. The molecule has 0 aliphatic carbocycles. The molecule has 8 heteroatoms.